The summed E-state index contributed by atoms with van der Waals surface area (Å²) in [6.07, 6.45) is 3.20. The van der Waals surface area contributed by atoms with Gasteiger partial charge >= 0.3 is 0 Å². The standard InChI is InChI=1S/C12H19NO3S.C12H18.2C9H12/c1-4-5-8-15-11-7-6-10(2)9-12(11)16-17(14)13-3;1-9(2)11-6-5-7-12(8-11)10(3)4;1-8(2)9-6-4-3-5-7-9;1-3-9-6-4-8(2)5-7-9/h6-7,9,13H,4-5,8H2,1-3H3;5-10H,1-4H3;3-8H,1-2H3;4-7H,3H2,1-2H3. The number of unbranched alkanes of at least 4 members (excludes halogenated alkanes) is 1. The smallest absolute Gasteiger partial charge is 0.287 e. The Kier molecular flexibility index (Phi) is 21.1. The third-order valence-electron chi connectivity index (χ3n) is 7.43. The van der Waals surface area contributed by atoms with Crippen LogP contribution in [0.25, 0.3) is 0 Å². The highest BCUT2D eigenvalue weighted by molar-refractivity contribution is 7.78. The summed E-state index contributed by atoms with van der Waals surface area (Å²) in [5, 5.41) is 0. The molecule has 4 rings (SSSR count). The van der Waals surface area contributed by atoms with E-state index in [1.54, 1.807) is 7.05 Å². The van der Waals surface area contributed by atoms with Gasteiger partial charge in [-0.3, -0.25) is 0 Å². The van der Waals surface area contributed by atoms with E-state index in [0.29, 0.717) is 35.9 Å². The SMILES string of the molecule is CC(C)c1cccc(C(C)C)c1.CC(C)c1ccccc1.CCCCOc1ccc(C)cc1OS(=O)NC.CCc1ccc(C)cc1. The Labute approximate surface area is 290 Å². The predicted octanol–water partition coefficient (Wildman–Crippen LogP) is 11.7. The fourth-order valence-corrected chi connectivity index (χ4v) is 4.56. The molecule has 4 aromatic carbocycles. The maximum atomic E-state index is 11.3. The third-order valence-corrected chi connectivity index (χ3v) is 8.09. The lowest BCUT2D eigenvalue weighted by atomic mass is 9.96. The first-order chi connectivity index (χ1) is 22.4. The minimum absolute atomic E-state index is 0.508. The van der Waals surface area contributed by atoms with Crippen molar-refractivity contribution in [2.45, 2.75) is 106 Å². The molecule has 47 heavy (non-hydrogen) atoms. The molecule has 0 aliphatic carbocycles. The van der Waals surface area contributed by atoms with Crippen LogP contribution in [0.2, 0.25) is 0 Å². The first-order valence-corrected chi connectivity index (χ1v) is 18.2. The van der Waals surface area contributed by atoms with Gasteiger partial charge in [0.15, 0.2) is 11.5 Å². The highest BCUT2D eigenvalue weighted by Gasteiger charge is 2.09. The Balaban J connectivity index is 0.000000325. The van der Waals surface area contributed by atoms with Crippen LogP contribution in [0.4, 0.5) is 0 Å². The van der Waals surface area contributed by atoms with E-state index in [2.05, 4.69) is 140 Å². The molecule has 0 heterocycles. The van der Waals surface area contributed by atoms with Crippen LogP contribution in [-0.4, -0.2) is 17.9 Å². The van der Waals surface area contributed by atoms with E-state index in [-0.39, 0.29) is 0 Å². The summed E-state index contributed by atoms with van der Waals surface area (Å²) >= 11 is -1.53. The lowest BCUT2D eigenvalue weighted by Crippen LogP contribution is -2.16. The average molecular weight is 660 g/mol. The summed E-state index contributed by atoms with van der Waals surface area (Å²) in [4.78, 5) is 0. The number of aryl methyl sites for hydroxylation is 3. The summed E-state index contributed by atoms with van der Waals surface area (Å²) in [6, 6.07) is 33.7. The number of hydrogen-bond donors (Lipinski definition) is 1. The van der Waals surface area contributed by atoms with Gasteiger partial charge < -0.3 is 8.92 Å². The molecule has 1 atom stereocenters. The summed E-state index contributed by atoms with van der Waals surface area (Å²) in [7, 11) is 1.57. The Morgan fingerprint density at radius 1 is 0.638 bits per heavy atom. The lowest BCUT2D eigenvalue weighted by molar-refractivity contribution is 0.301. The fourth-order valence-electron chi connectivity index (χ4n) is 4.19. The first-order valence-electron chi connectivity index (χ1n) is 17.1. The van der Waals surface area contributed by atoms with Crippen LogP contribution in [-0.2, 0) is 17.7 Å². The Hall–Kier alpha value is -3.41. The van der Waals surface area contributed by atoms with Crippen LogP contribution in [0, 0.1) is 13.8 Å². The van der Waals surface area contributed by atoms with E-state index in [0.717, 1.165) is 24.8 Å². The zero-order chi connectivity index (χ0) is 35.2. The number of benzene rings is 4. The third kappa shape index (κ3) is 17.9. The highest BCUT2D eigenvalue weighted by atomic mass is 32.2. The minimum atomic E-state index is -1.53. The van der Waals surface area contributed by atoms with Gasteiger partial charge in [-0.2, -0.15) is 4.21 Å². The molecule has 0 bridgehead atoms. The molecule has 1 unspecified atom stereocenters. The van der Waals surface area contributed by atoms with Crippen molar-refractivity contribution in [1.29, 1.82) is 0 Å². The quantitative estimate of drug-likeness (QED) is 0.163. The zero-order valence-electron chi connectivity index (χ0n) is 30.9. The molecule has 0 aliphatic heterocycles. The van der Waals surface area contributed by atoms with Crippen molar-refractivity contribution in [1.82, 2.24) is 4.72 Å². The summed E-state index contributed by atoms with van der Waals surface area (Å²) in [5.74, 6) is 3.08. The minimum Gasteiger partial charge on any atom is -0.490 e. The fraction of sp³-hybridized carbons (Fsp3) is 0.429. The van der Waals surface area contributed by atoms with Gasteiger partial charge in [-0.15, -0.1) is 0 Å². The van der Waals surface area contributed by atoms with Crippen molar-refractivity contribution in [3.63, 3.8) is 0 Å². The van der Waals surface area contributed by atoms with Gasteiger partial charge in [0.2, 0.25) is 0 Å². The van der Waals surface area contributed by atoms with Crippen molar-refractivity contribution in [2.75, 3.05) is 13.7 Å². The molecular weight excluding hydrogens is 599 g/mol. The summed E-state index contributed by atoms with van der Waals surface area (Å²) < 4.78 is 24.7. The van der Waals surface area contributed by atoms with E-state index in [9.17, 15) is 4.21 Å². The van der Waals surface area contributed by atoms with E-state index in [4.69, 9.17) is 8.92 Å². The van der Waals surface area contributed by atoms with E-state index >= 15 is 0 Å². The van der Waals surface area contributed by atoms with Crippen LogP contribution >= 0.6 is 0 Å². The Morgan fingerprint density at radius 2 is 1.17 bits per heavy atom. The van der Waals surface area contributed by atoms with Gasteiger partial charge in [-0.1, -0.05) is 152 Å². The highest BCUT2D eigenvalue weighted by Crippen LogP contribution is 2.29. The number of rotatable bonds is 11. The van der Waals surface area contributed by atoms with Gasteiger partial charge in [0.05, 0.1) is 6.61 Å². The van der Waals surface area contributed by atoms with Crippen LogP contribution in [0.5, 0.6) is 11.5 Å². The van der Waals surface area contributed by atoms with Crippen molar-refractivity contribution < 1.29 is 13.1 Å². The van der Waals surface area contributed by atoms with Gasteiger partial charge in [-0.25, -0.2) is 4.72 Å². The van der Waals surface area contributed by atoms with Crippen LogP contribution in [0.3, 0.4) is 0 Å². The predicted molar refractivity (Wildman–Crippen MR) is 205 cm³/mol. The second-order valence-electron chi connectivity index (χ2n) is 12.6. The molecule has 0 amide bonds. The molecule has 0 radical (unpaired) electrons. The molecule has 0 saturated heterocycles. The molecule has 0 aliphatic rings. The van der Waals surface area contributed by atoms with Crippen LogP contribution < -0.4 is 13.6 Å². The van der Waals surface area contributed by atoms with Gasteiger partial charge in [-0.05, 0) is 91.4 Å². The lowest BCUT2D eigenvalue weighted by Gasteiger charge is -2.11. The van der Waals surface area contributed by atoms with Gasteiger partial charge in [0.1, 0.15) is 0 Å². The molecule has 0 fully saturated rings. The van der Waals surface area contributed by atoms with Gasteiger partial charge in [0.25, 0.3) is 11.3 Å². The number of ether oxygens (including phenoxy) is 1. The molecule has 258 valence electrons. The maximum absolute atomic E-state index is 11.3. The zero-order valence-corrected chi connectivity index (χ0v) is 31.7. The van der Waals surface area contributed by atoms with Crippen LogP contribution in [0.1, 0.15) is 119 Å². The molecule has 1 N–H and O–H groups in total. The van der Waals surface area contributed by atoms with E-state index < -0.39 is 11.3 Å². The molecule has 4 aromatic rings. The second-order valence-corrected chi connectivity index (χ2v) is 13.6. The molecule has 4 nitrogen and oxygen atoms in total. The van der Waals surface area contributed by atoms with Crippen LogP contribution in [0.15, 0.2) is 97.1 Å². The average Bonchev–Trinajstić information content (AvgIpc) is 3.07. The van der Waals surface area contributed by atoms with Crippen molar-refractivity contribution in [2.24, 2.45) is 0 Å². The Morgan fingerprint density at radius 3 is 1.64 bits per heavy atom. The number of nitrogens with one attached hydrogen (secondary N) is 1. The van der Waals surface area contributed by atoms with E-state index in [1.165, 1.54) is 27.8 Å². The molecule has 0 saturated carbocycles. The maximum Gasteiger partial charge on any atom is 0.287 e. The number of hydrogen-bond acceptors (Lipinski definition) is 3. The second kappa shape index (κ2) is 23.8. The monoisotopic (exact) mass is 659 g/mol. The molecule has 5 heteroatoms. The largest absolute Gasteiger partial charge is 0.490 e. The summed E-state index contributed by atoms with van der Waals surface area (Å²) in [6.45, 7) is 22.3. The van der Waals surface area contributed by atoms with Crippen molar-refractivity contribution >= 4 is 11.3 Å². The summed E-state index contributed by atoms with van der Waals surface area (Å²) in [5.41, 5.74) is 8.10. The molecular formula is C42H61NO3S. The Bertz CT molecular complexity index is 1380. The van der Waals surface area contributed by atoms with Crippen molar-refractivity contribution in [3.8, 4) is 11.5 Å². The van der Waals surface area contributed by atoms with Gasteiger partial charge in [0, 0.05) is 0 Å². The normalized spacial score (nSPS) is 11.0. The van der Waals surface area contributed by atoms with E-state index in [1.807, 2.05) is 31.2 Å². The first kappa shape index (κ1) is 41.6. The molecule has 0 spiro atoms. The molecule has 0 aromatic heterocycles. The topological polar surface area (TPSA) is 47.6 Å². The van der Waals surface area contributed by atoms with Crippen molar-refractivity contribution in [3.05, 3.63) is 130 Å².